The van der Waals surface area contributed by atoms with Gasteiger partial charge in [0.15, 0.2) is 0 Å². The zero-order chi connectivity index (χ0) is 12.3. The van der Waals surface area contributed by atoms with Crippen LogP contribution in [0.25, 0.3) is 0 Å². The minimum absolute atomic E-state index is 0.727. The largest absolute Gasteiger partial charge is 0.456 e. The molecule has 0 amide bonds. The lowest BCUT2D eigenvalue weighted by Gasteiger charge is -2.08. The summed E-state index contributed by atoms with van der Waals surface area (Å²) in [5.74, 6) is 1.55. The molecule has 4 heteroatoms. The lowest BCUT2D eigenvalue weighted by Crippen LogP contribution is -1.89. The van der Waals surface area contributed by atoms with Crippen LogP contribution < -0.4 is 4.74 Å². The number of rotatable bonds is 3. The van der Waals surface area contributed by atoms with Crippen LogP contribution in [0.2, 0.25) is 0 Å². The van der Waals surface area contributed by atoms with E-state index in [0.29, 0.717) is 0 Å². The van der Waals surface area contributed by atoms with Crippen LogP contribution in [0, 0.1) is 6.92 Å². The number of aryl methyl sites for hydroxylation is 1. The van der Waals surface area contributed by atoms with E-state index in [4.69, 9.17) is 4.74 Å². The average Bonchev–Trinajstić information content (AvgIpc) is 2.29. The van der Waals surface area contributed by atoms with Gasteiger partial charge in [0.25, 0.3) is 0 Å². The molecule has 2 aromatic rings. The lowest BCUT2D eigenvalue weighted by molar-refractivity contribution is 0.479. The van der Waals surface area contributed by atoms with Crippen molar-refractivity contribution in [3.05, 3.63) is 52.3 Å². The van der Waals surface area contributed by atoms with Crippen molar-refractivity contribution in [3.8, 4) is 11.5 Å². The molecule has 0 aliphatic rings. The molecular formula is C13H11Br2NO. The first-order chi connectivity index (χ1) is 8.19. The summed E-state index contributed by atoms with van der Waals surface area (Å²) < 4.78 is 6.64. The molecule has 0 unspecified atom stereocenters. The van der Waals surface area contributed by atoms with Gasteiger partial charge in [0.1, 0.15) is 11.5 Å². The van der Waals surface area contributed by atoms with E-state index in [0.717, 1.165) is 21.3 Å². The molecule has 88 valence electrons. The monoisotopic (exact) mass is 355 g/mol. The minimum atomic E-state index is 0.727. The molecule has 2 nitrogen and oxygen atoms in total. The van der Waals surface area contributed by atoms with Gasteiger partial charge in [-0.15, -0.1) is 0 Å². The van der Waals surface area contributed by atoms with E-state index in [9.17, 15) is 0 Å². The molecule has 1 aromatic heterocycles. The molecule has 0 bridgehead atoms. The highest BCUT2D eigenvalue weighted by Gasteiger charge is 2.02. The summed E-state index contributed by atoms with van der Waals surface area (Å²) in [5, 5.41) is 0.859. The predicted molar refractivity (Wildman–Crippen MR) is 75.8 cm³/mol. The van der Waals surface area contributed by atoms with Crippen LogP contribution >= 0.6 is 31.9 Å². The van der Waals surface area contributed by atoms with Crippen molar-refractivity contribution >= 4 is 31.9 Å². The molecule has 0 atom stereocenters. The maximum atomic E-state index is 5.73. The highest BCUT2D eigenvalue weighted by molar-refractivity contribution is 9.10. The topological polar surface area (TPSA) is 22.1 Å². The third-order valence-corrected chi connectivity index (χ3v) is 3.41. The number of alkyl halides is 1. The van der Waals surface area contributed by atoms with Crippen molar-refractivity contribution < 1.29 is 4.74 Å². The fourth-order valence-corrected chi connectivity index (χ4v) is 2.44. The molecule has 0 saturated heterocycles. The van der Waals surface area contributed by atoms with Crippen LogP contribution in [0.5, 0.6) is 11.5 Å². The van der Waals surface area contributed by atoms with Gasteiger partial charge in [-0.3, -0.25) is 4.98 Å². The zero-order valence-corrected chi connectivity index (χ0v) is 12.5. The smallest absolute Gasteiger partial charge is 0.146 e. The number of benzene rings is 1. The molecular weight excluding hydrogens is 346 g/mol. The molecule has 1 heterocycles. The molecule has 0 fully saturated rings. The Kier molecular flexibility index (Phi) is 4.18. The van der Waals surface area contributed by atoms with Gasteiger partial charge in [-0.25, -0.2) is 0 Å². The number of hydrogen-bond acceptors (Lipinski definition) is 2. The van der Waals surface area contributed by atoms with Gasteiger partial charge in [0.05, 0.1) is 6.20 Å². The number of hydrogen-bond donors (Lipinski definition) is 0. The fourth-order valence-electron chi connectivity index (χ4n) is 1.47. The van der Waals surface area contributed by atoms with Crippen LogP contribution in [0.3, 0.4) is 0 Å². The molecule has 2 rings (SSSR count). The quantitative estimate of drug-likeness (QED) is 0.734. The highest BCUT2D eigenvalue weighted by Crippen LogP contribution is 2.25. The minimum Gasteiger partial charge on any atom is -0.456 e. The van der Waals surface area contributed by atoms with E-state index in [-0.39, 0.29) is 0 Å². The first kappa shape index (κ1) is 12.6. The molecule has 0 N–H and O–H groups in total. The summed E-state index contributed by atoms with van der Waals surface area (Å²) in [7, 11) is 0. The second kappa shape index (κ2) is 5.65. The van der Waals surface area contributed by atoms with Gasteiger partial charge in [-0.1, -0.05) is 22.0 Å². The first-order valence-electron chi connectivity index (χ1n) is 5.13. The van der Waals surface area contributed by atoms with Gasteiger partial charge in [0, 0.05) is 16.0 Å². The SMILES string of the molecule is Cc1cc(Oc2cncc(Br)c2)ccc1CBr. The van der Waals surface area contributed by atoms with Crippen molar-refractivity contribution in [2.75, 3.05) is 0 Å². The Morgan fingerprint density at radius 2 is 2.00 bits per heavy atom. The summed E-state index contributed by atoms with van der Waals surface area (Å²) >= 11 is 6.82. The van der Waals surface area contributed by atoms with Gasteiger partial charge in [-0.2, -0.15) is 0 Å². The van der Waals surface area contributed by atoms with Crippen LogP contribution in [-0.2, 0) is 5.33 Å². The number of nitrogens with zero attached hydrogens (tertiary/aromatic N) is 1. The second-order valence-electron chi connectivity index (χ2n) is 3.66. The number of aromatic nitrogens is 1. The summed E-state index contributed by atoms with van der Waals surface area (Å²) in [6, 6.07) is 7.94. The van der Waals surface area contributed by atoms with E-state index in [2.05, 4.69) is 49.8 Å². The van der Waals surface area contributed by atoms with E-state index >= 15 is 0 Å². The summed E-state index contributed by atoms with van der Waals surface area (Å²) in [4.78, 5) is 4.06. The van der Waals surface area contributed by atoms with E-state index < -0.39 is 0 Å². The molecule has 0 saturated carbocycles. The van der Waals surface area contributed by atoms with Crippen molar-refractivity contribution in [1.82, 2.24) is 4.98 Å². The molecule has 1 aromatic carbocycles. The predicted octanol–water partition coefficient (Wildman–Crippen LogP) is 4.84. The zero-order valence-electron chi connectivity index (χ0n) is 9.28. The van der Waals surface area contributed by atoms with Gasteiger partial charge >= 0.3 is 0 Å². The summed E-state index contributed by atoms with van der Waals surface area (Å²) in [6.45, 7) is 2.07. The van der Waals surface area contributed by atoms with Gasteiger partial charge < -0.3 is 4.74 Å². The summed E-state index contributed by atoms with van der Waals surface area (Å²) in [5.41, 5.74) is 2.48. The molecule has 0 aliphatic heterocycles. The Hall–Kier alpha value is -0.870. The van der Waals surface area contributed by atoms with E-state index in [1.807, 2.05) is 18.2 Å². The Bertz CT molecular complexity index is 529. The molecule has 0 aliphatic carbocycles. The average molecular weight is 357 g/mol. The number of halogens is 2. The normalized spacial score (nSPS) is 10.3. The van der Waals surface area contributed by atoms with Crippen LogP contribution in [0.15, 0.2) is 41.1 Å². The number of pyridine rings is 1. The maximum Gasteiger partial charge on any atom is 0.146 e. The van der Waals surface area contributed by atoms with Crippen molar-refractivity contribution in [1.29, 1.82) is 0 Å². The third-order valence-electron chi connectivity index (χ3n) is 2.37. The van der Waals surface area contributed by atoms with E-state index in [1.54, 1.807) is 12.4 Å². The molecule has 0 radical (unpaired) electrons. The summed E-state index contributed by atoms with van der Waals surface area (Å²) in [6.07, 6.45) is 3.42. The van der Waals surface area contributed by atoms with Gasteiger partial charge in [0.2, 0.25) is 0 Å². The van der Waals surface area contributed by atoms with Crippen molar-refractivity contribution in [2.24, 2.45) is 0 Å². The second-order valence-corrected chi connectivity index (χ2v) is 5.14. The highest BCUT2D eigenvalue weighted by atomic mass is 79.9. The number of ether oxygens (including phenoxy) is 1. The van der Waals surface area contributed by atoms with Crippen molar-refractivity contribution in [2.45, 2.75) is 12.3 Å². The first-order valence-corrected chi connectivity index (χ1v) is 7.04. The maximum absolute atomic E-state index is 5.73. The third kappa shape index (κ3) is 3.30. The van der Waals surface area contributed by atoms with Gasteiger partial charge in [-0.05, 0) is 52.2 Å². The Morgan fingerprint density at radius 3 is 2.65 bits per heavy atom. The Labute approximate surface area is 117 Å². The standard InChI is InChI=1S/C13H11Br2NO/c1-9-4-12(3-2-10(9)6-14)17-13-5-11(15)7-16-8-13/h2-5,7-8H,6H2,1H3. The van der Waals surface area contributed by atoms with Crippen LogP contribution in [0.4, 0.5) is 0 Å². The Balaban J connectivity index is 2.22. The molecule has 17 heavy (non-hydrogen) atoms. The van der Waals surface area contributed by atoms with Crippen LogP contribution in [0.1, 0.15) is 11.1 Å². The van der Waals surface area contributed by atoms with Crippen molar-refractivity contribution in [3.63, 3.8) is 0 Å². The van der Waals surface area contributed by atoms with Crippen LogP contribution in [-0.4, -0.2) is 4.98 Å². The Morgan fingerprint density at radius 1 is 1.18 bits per heavy atom. The molecule has 0 spiro atoms. The fraction of sp³-hybridized carbons (Fsp3) is 0.154. The lowest BCUT2D eigenvalue weighted by atomic mass is 10.1. The van der Waals surface area contributed by atoms with E-state index in [1.165, 1.54) is 11.1 Å².